The van der Waals surface area contributed by atoms with E-state index < -0.39 is 0 Å². The van der Waals surface area contributed by atoms with E-state index in [9.17, 15) is 0 Å². The van der Waals surface area contributed by atoms with Crippen molar-refractivity contribution in [2.24, 2.45) is 0 Å². The van der Waals surface area contributed by atoms with Crippen LogP contribution in [-0.4, -0.2) is 28.1 Å². The van der Waals surface area contributed by atoms with Gasteiger partial charge < -0.3 is 10.1 Å². The van der Waals surface area contributed by atoms with Crippen molar-refractivity contribution < 1.29 is 4.74 Å². The second kappa shape index (κ2) is 6.96. The minimum Gasteiger partial charge on any atom is -0.378 e. The molecule has 0 bridgehead atoms. The second-order valence-corrected chi connectivity index (χ2v) is 4.84. The topological polar surface area (TPSA) is 59.9 Å². The minimum absolute atomic E-state index is 0.244. The molecule has 2 heterocycles. The molecule has 5 heteroatoms. The van der Waals surface area contributed by atoms with E-state index in [1.165, 1.54) is 5.56 Å². The molecule has 0 aliphatic rings. The average molecular weight is 272 g/mol. The molecule has 1 unspecified atom stereocenters. The summed E-state index contributed by atoms with van der Waals surface area (Å²) in [6.07, 6.45) is 4.24. The van der Waals surface area contributed by atoms with Crippen LogP contribution in [0.1, 0.15) is 23.9 Å². The summed E-state index contributed by atoms with van der Waals surface area (Å²) in [6, 6.07) is 6.19. The van der Waals surface area contributed by atoms with Gasteiger partial charge in [-0.05, 0) is 25.5 Å². The van der Waals surface area contributed by atoms with Crippen molar-refractivity contribution in [3.63, 3.8) is 0 Å². The molecular weight excluding hydrogens is 252 g/mol. The van der Waals surface area contributed by atoms with Crippen LogP contribution in [0.4, 0.5) is 5.82 Å². The molecule has 2 rings (SSSR count). The standard InChI is InChI=1S/C15H20N4O/c1-11-5-4-6-16-14(11)7-12(2)19-15-8-13(9-20-3)17-10-18-15/h4-6,8,10,12H,7,9H2,1-3H3,(H,17,18,19). The Labute approximate surface area is 119 Å². The molecule has 0 fully saturated rings. The van der Waals surface area contributed by atoms with Crippen molar-refractivity contribution in [2.45, 2.75) is 32.9 Å². The normalized spacial score (nSPS) is 12.2. The van der Waals surface area contributed by atoms with Gasteiger partial charge in [-0.2, -0.15) is 0 Å². The van der Waals surface area contributed by atoms with Crippen LogP contribution in [-0.2, 0) is 17.8 Å². The molecule has 20 heavy (non-hydrogen) atoms. The SMILES string of the molecule is COCc1cc(NC(C)Cc2ncccc2C)ncn1. The lowest BCUT2D eigenvalue weighted by Crippen LogP contribution is -2.20. The Morgan fingerprint density at radius 2 is 2.15 bits per heavy atom. The average Bonchev–Trinajstić information content (AvgIpc) is 2.42. The first-order valence-electron chi connectivity index (χ1n) is 6.66. The first-order chi connectivity index (χ1) is 9.69. The molecule has 5 nitrogen and oxygen atoms in total. The van der Waals surface area contributed by atoms with E-state index in [1.54, 1.807) is 13.4 Å². The zero-order valence-corrected chi connectivity index (χ0v) is 12.1. The van der Waals surface area contributed by atoms with Crippen LogP contribution >= 0.6 is 0 Å². The molecule has 0 saturated carbocycles. The fourth-order valence-electron chi connectivity index (χ4n) is 2.03. The zero-order chi connectivity index (χ0) is 14.4. The summed E-state index contributed by atoms with van der Waals surface area (Å²) in [4.78, 5) is 12.8. The summed E-state index contributed by atoms with van der Waals surface area (Å²) in [7, 11) is 1.65. The number of aromatic nitrogens is 3. The Morgan fingerprint density at radius 1 is 1.30 bits per heavy atom. The van der Waals surface area contributed by atoms with Gasteiger partial charge >= 0.3 is 0 Å². The lowest BCUT2D eigenvalue weighted by atomic mass is 10.1. The smallest absolute Gasteiger partial charge is 0.129 e. The Bertz CT molecular complexity index is 559. The molecule has 2 aromatic heterocycles. The van der Waals surface area contributed by atoms with Gasteiger partial charge in [0, 0.05) is 37.5 Å². The van der Waals surface area contributed by atoms with Crippen LogP contribution in [0, 0.1) is 6.92 Å². The maximum Gasteiger partial charge on any atom is 0.129 e. The lowest BCUT2D eigenvalue weighted by Gasteiger charge is -2.15. The fraction of sp³-hybridized carbons (Fsp3) is 0.400. The van der Waals surface area contributed by atoms with Gasteiger partial charge in [0.05, 0.1) is 12.3 Å². The van der Waals surface area contributed by atoms with Crippen molar-refractivity contribution in [3.05, 3.63) is 47.7 Å². The highest BCUT2D eigenvalue weighted by Gasteiger charge is 2.08. The molecular formula is C15H20N4O. The summed E-state index contributed by atoms with van der Waals surface area (Å²) in [5.41, 5.74) is 3.19. The number of hydrogen-bond donors (Lipinski definition) is 1. The van der Waals surface area contributed by atoms with E-state index in [-0.39, 0.29) is 6.04 Å². The lowest BCUT2D eigenvalue weighted by molar-refractivity contribution is 0.181. The van der Waals surface area contributed by atoms with E-state index in [0.717, 1.165) is 23.6 Å². The predicted octanol–water partition coefficient (Wildman–Crippen LogP) is 2.37. The Balaban J connectivity index is 1.99. The highest BCUT2D eigenvalue weighted by molar-refractivity contribution is 5.36. The number of hydrogen-bond acceptors (Lipinski definition) is 5. The maximum atomic E-state index is 5.07. The number of rotatable bonds is 6. The molecule has 1 N–H and O–H groups in total. The molecule has 0 aliphatic carbocycles. The van der Waals surface area contributed by atoms with Crippen LogP contribution < -0.4 is 5.32 Å². The molecule has 0 amide bonds. The van der Waals surface area contributed by atoms with Crippen molar-refractivity contribution >= 4 is 5.82 Å². The zero-order valence-electron chi connectivity index (χ0n) is 12.1. The molecule has 1 atom stereocenters. The first kappa shape index (κ1) is 14.4. The molecule has 0 spiro atoms. The van der Waals surface area contributed by atoms with Crippen molar-refractivity contribution in [2.75, 3.05) is 12.4 Å². The van der Waals surface area contributed by atoms with Gasteiger partial charge in [0.15, 0.2) is 0 Å². The number of pyridine rings is 1. The van der Waals surface area contributed by atoms with Crippen LogP contribution in [0.3, 0.4) is 0 Å². The van der Waals surface area contributed by atoms with Crippen molar-refractivity contribution in [1.82, 2.24) is 15.0 Å². The largest absolute Gasteiger partial charge is 0.378 e. The van der Waals surface area contributed by atoms with Crippen LogP contribution in [0.25, 0.3) is 0 Å². The summed E-state index contributed by atoms with van der Waals surface area (Å²) in [6.45, 7) is 4.69. The van der Waals surface area contributed by atoms with Crippen LogP contribution in [0.15, 0.2) is 30.7 Å². The van der Waals surface area contributed by atoms with Gasteiger partial charge in [0.2, 0.25) is 0 Å². The van der Waals surface area contributed by atoms with Crippen LogP contribution in [0.2, 0.25) is 0 Å². The second-order valence-electron chi connectivity index (χ2n) is 4.84. The van der Waals surface area contributed by atoms with Gasteiger partial charge in [-0.1, -0.05) is 6.07 Å². The maximum absolute atomic E-state index is 5.07. The highest BCUT2D eigenvalue weighted by Crippen LogP contribution is 2.11. The Hall–Kier alpha value is -2.01. The number of nitrogens with zero attached hydrogens (tertiary/aromatic N) is 3. The monoisotopic (exact) mass is 272 g/mol. The summed E-state index contributed by atoms with van der Waals surface area (Å²) < 4.78 is 5.07. The van der Waals surface area contributed by atoms with Gasteiger partial charge in [0.1, 0.15) is 12.1 Å². The molecule has 0 saturated heterocycles. The summed E-state index contributed by atoms with van der Waals surface area (Å²) in [5.74, 6) is 0.813. The number of nitrogens with one attached hydrogen (secondary N) is 1. The minimum atomic E-state index is 0.244. The third-order valence-corrected chi connectivity index (χ3v) is 3.03. The molecule has 0 aliphatic heterocycles. The van der Waals surface area contributed by atoms with E-state index in [2.05, 4.69) is 40.2 Å². The molecule has 0 aromatic carbocycles. The number of methoxy groups -OCH3 is 1. The van der Waals surface area contributed by atoms with Gasteiger partial charge in [-0.15, -0.1) is 0 Å². The Morgan fingerprint density at radius 3 is 2.90 bits per heavy atom. The third kappa shape index (κ3) is 3.99. The number of ether oxygens (including phenoxy) is 1. The quantitative estimate of drug-likeness (QED) is 0.874. The third-order valence-electron chi connectivity index (χ3n) is 3.03. The van der Waals surface area contributed by atoms with Gasteiger partial charge in [-0.25, -0.2) is 9.97 Å². The Kier molecular flexibility index (Phi) is 5.01. The van der Waals surface area contributed by atoms with E-state index in [1.807, 2.05) is 18.3 Å². The van der Waals surface area contributed by atoms with E-state index in [0.29, 0.717) is 6.61 Å². The van der Waals surface area contributed by atoms with E-state index in [4.69, 9.17) is 4.74 Å². The van der Waals surface area contributed by atoms with Gasteiger partial charge in [0.25, 0.3) is 0 Å². The van der Waals surface area contributed by atoms with Gasteiger partial charge in [-0.3, -0.25) is 4.98 Å². The van der Waals surface area contributed by atoms with Crippen LogP contribution in [0.5, 0.6) is 0 Å². The molecule has 0 radical (unpaired) electrons. The number of anilines is 1. The summed E-state index contributed by atoms with van der Waals surface area (Å²) >= 11 is 0. The van der Waals surface area contributed by atoms with Crippen molar-refractivity contribution in [3.8, 4) is 0 Å². The highest BCUT2D eigenvalue weighted by atomic mass is 16.5. The summed E-state index contributed by atoms with van der Waals surface area (Å²) in [5, 5.41) is 3.37. The first-order valence-corrected chi connectivity index (χ1v) is 6.66. The van der Waals surface area contributed by atoms with Crippen molar-refractivity contribution in [1.29, 1.82) is 0 Å². The fourth-order valence-corrected chi connectivity index (χ4v) is 2.03. The molecule has 2 aromatic rings. The van der Waals surface area contributed by atoms with E-state index >= 15 is 0 Å². The molecule has 106 valence electrons. The number of aryl methyl sites for hydroxylation is 1. The predicted molar refractivity (Wildman–Crippen MR) is 78.5 cm³/mol.